The highest BCUT2D eigenvalue weighted by Gasteiger charge is 2.34. The summed E-state index contributed by atoms with van der Waals surface area (Å²) < 4.78 is 0. The molecule has 0 radical (unpaired) electrons. The van der Waals surface area contributed by atoms with Crippen molar-refractivity contribution < 1.29 is 14.7 Å². The molecule has 0 bridgehead atoms. The van der Waals surface area contributed by atoms with Crippen LogP contribution in [-0.4, -0.2) is 16.9 Å². The van der Waals surface area contributed by atoms with E-state index < -0.39 is 0 Å². The lowest BCUT2D eigenvalue weighted by Gasteiger charge is -2.33. The van der Waals surface area contributed by atoms with Crippen molar-refractivity contribution in [3.63, 3.8) is 0 Å². The molecule has 0 aliphatic carbocycles. The SMILES string of the molecule is CCCCC(C)(C)c1cc(N2C(=O)C=CC2=O)cc(C(C)(C)CCCC)c1O. The maximum absolute atomic E-state index is 12.3. The molecule has 1 heterocycles. The number of hydrogen-bond acceptors (Lipinski definition) is 3. The van der Waals surface area contributed by atoms with Crippen molar-refractivity contribution in [2.24, 2.45) is 0 Å². The summed E-state index contributed by atoms with van der Waals surface area (Å²) in [4.78, 5) is 25.8. The maximum Gasteiger partial charge on any atom is 0.258 e. The predicted molar refractivity (Wildman–Crippen MR) is 115 cm³/mol. The van der Waals surface area contributed by atoms with Crippen molar-refractivity contribution in [1.82, 2.24) is 0 Å². The van der Waals surface area contributed by atoms with Gasteiger partial charge in [0.15, 0.2) is 0 Å². The molecular weight excluding hydrogens is 350 g/mol. The van der Waals surface area contributed by atoms with Gasteiger partial charge in [0.1, 0.15) is 5.75 Å². The Morgan fingerprint density at radius 2 is 1.21 bits per heavy atom. The minimum Gasteiger partial charge on any atom is -0.507 e. The second-order valence-corrected chi connectivity index (χ2v) is 9.21. The second kappa shape index (κ2) is 8.50. The summed E-state index contributed by atoms with van der Waals surface area (Å²) in [6.07, 6.45) is 8.71. The summed E-state index contributed by atoms with van der Waals surface area (Å²) in [5.74, 6) is -0.353. The summed E-state index contributed by atoms with van der Waals surface area (Å²) >= 11 is 0. The Morgan fingerprint density at radius 1 is 0.821 bits per heavy atom. The van der Waals surface area contributed by atoms with Crippen LogP contribution in [0.5, 0.6) is 5.75 Å². The van der Waals surface area contributed by atoms with Crippen molar-refractivity contribution in [2.45, 2.75) is 90.9 Å². The summed E-state index contributed by atoms with van der Waals surface area (Å²) in [6.45, 7) is 12.8. The van der Waals surface area contributed by atoms with Gasteiger partial charge in [0, 0.05) is 23.3 Å². The Morgan fingerprint density at radius 3 is 1.57 bits per heavy atom. The lowest BCUT2D eigenvalue weighted by molar-refractivity contribution is -0.119. The number of phenolic OH excluding ortho intramolecular Hbond substituents is 1. The van der Waals surface area contributed by atoms with Crippen LogP contribution in [0.15, 0.2) is 24.3 Å². The Labute approximate surface area is 169 Å². The number of carbonyl (C=O) groups excluding carboxylic acids is 2. The third-order valence-corrected chi connectivity index (χ3v) is 5.93. The first kappa shape index (κ1) is 22.2. The monoisotopic (exact) mass is 385 g/mol. The highest BCUT2D eigenvalue weighted by molar-refractivity contribution is 6.28. The lowest BCUT2D eigenvalue weighted by Crippen LogP contribution is -2.31. The summed E-state index contributed by atoms with van der Waals surface area (Å²) in [5.41, 5.74) is 1.66. The smallest absolute Gasteiger partial charge is 0.258 e. The number of unbranched alkanes of at least 4 members (excludes halogenated alkanes) is 2. The highest BCUT2D eigenvalue weighted by atomic mass is 16.3. The fourth-order valence-electron chi connectivity index (χ4n) is 3.94. The molecule has 1 aliphatic heterocycles. The van der Waals surface area contributed by atoms with E-state index in [0.29, 0.717) is 11.4 Å². The molecule has 1 aromatic carbocycles. The number of anilines is 1. The van der Waals surface area contributed by atoms with Gasteiger partial charge >= 0.3 is 0 Å². The first-order valence-electron chi connectivity index (χ1n) is 10.5. The Hall–Kier alpha value is -2.10. The van der Waals surface area contributed by atoms with Crippen LogP contribution in [-0.2, 0) is 20.4 Å². The van der Waals surface area contributed by atoms with E-state index in [1.807, 2.05) is 12.1 Å². The first-order valence-corrected chi connectivity index (χ1v) is 10.5. The minimum absolute atomic E-state index is 0.259. The van der Waals surface area contributed by atoms with Crippen molar-refractivity contribution in [3.8, 4) is 5.75 Å². The topological polar surface area (TPSA) is 57.6 Å². The van der Waals surface area contributed by atoms with Gasteiger partial charge in [-0.2, -0.15) is 0 Å². The maximum atomic E-state index is 12.3. The number of rotatable bonds is 9. The molecule has 0 unspecified atom stereocenters. The largest absolute Gasteiger partial charge is 0.507 e. The predicted octanol–water partition coefficient (Wildman–Crippen LogP) is 5.76. The number of carbonyl (C=O) groups is 2. The van der Waals surface area contributed by atoms with E-state index in [1.54, 1.807) is 0 Å². The second-order valence-electron chi connectivity index (χ2n) is 9.21. The van der Waals surface area contributed by atoms with E-state index in [0.717, 1.165) is 49.7 Å². The Balaban J connectivity index is 2.64. The molecule has 4 heteroatoms. The Bertz CT molecular complexity index is 715. The van der Waals surface area contributed by atoms with E-state index in [4.69, 9.17) is 0 Å². The van der Waals surface area contributed by atoms with Crippen LogP contribution in [0.4, 0.5) is 5.69 Å². The standard InChI is InChI=1S/C24H35NO3/c1-7-9-13-23(3,4)18-15-17(25-20(26)11-12-21(25)27)16-19(22(18)28)24(5,6)14-10-8-2/h11-12,15-16,28H,7-10,13-14H2,1-6H3. The van der Waals surface area contributed by atoms with E-state index >= 15 is 0 Å². The first-order chi connectivity index (χ1) is 13.0. The van der Waals surface area contributed by atoms with Gasteiger partial charge in [-0.1, -0.05) is 67.2 Å². The molecule has 0 aromatic heterocycles. The molecule has 0 fully saturated rings. The van der Waals surface area contributed by atoms with Crippen LogP contribution in [0.25, 0.3) is 0 Å². The van der Waals surface area contributed by atoms with Gasteiger partial charge in [-0.15, -0.1) is 0 Å². The van der Waals surface area contributed by atoms with E-state index in [1.165, 1.54) is 17.1 Å². The van der Waals surface area contributed by atoms with Crippen LogP contribution in [0.2, 0.25) is 0 Å². The van der Waals surface area contributed by atoms with Crippen molar-refractivity contribution in [2.75, 3.05) is 4.90 Å². The molecule has 2 amide bonds. The number of imide groups is 1. The fraction of sp³-hybridized carbons (Fsp3) is 0.583. The minimum atomic E-state index is -0.328. The zero-order valence-electron chi connectivity index (χ0n) is 18.3. The quantitative estimate of drug-likeness (QED) is 0.550. The molecule has 0 saturated heterocycles. The summed E-state index contributed by atoms with van der Waals surface area (Å²) in [6, 6.07) is 3.65. The number of aromatic hydroxyl groups is 1. The Kier molecular flexibility index (Phi) is 6.74. The molecule has 2 rings (SSSR count). The lowest BCUT2D eigenvalue weighted by atomic mass is 9.73. The molecule has 1 N–H and O–H groups in total. The number of benzene rings is 1. The summed E-state index contributed by atoms with van der Waals surface area (Å²) in [7, 11) is 0. The third kappa shape index (κ3) is 4.48. The van der Waals surface area contributed by atoms with Gasteiger partial charge in [0.25, 0.3) is 11.8 Å². The van der Waals surface area contributed by atoms with Crippen LogP contribution in [0.3, 0.4) is 0 Å². The van der Waals surface area contributed by atoms with Gasteiger partial charge < -0.3 is 5.11 Å². The van der Waals surface area contributed by atoms with Crippen molar-refractivity contribution >= 4 is 17.5 Å². The summed E-state index contributed by atoms with van der Waals surface area (Å²) in [5, 5.41) is 11.3. The van der Waals surface area contributed by atoms with Gasteiger partial charge in [-0.3, -0.25) is 9.59 Å². The number of hydrogen-bond donors (Lipinski definition) is 1. The van der Waals surface area contributed by atoms with Gasteiger partial charge in [0.2, 0.25) is 0 Å². The number of phenols is 1. The van der Waals surface area contributed by atoms with E-state index in [-0.39, 0.29) is 22.6 Å². The third-order valence-electron chi connectivity index (χ3n) is 5.93. The van der Waals surface area contributed by atoms with Crippen LogP contribution in [0, 0.1) is 0 Å². The molecule has 28 heavy (non-hydrogen) atoms. The number of nitrogens with zero attached hydrogens (tertiary/aromatic N) is 1. The van der Waals surface area contributed by atoms with Crippen molar-refractivity contribution in [3.05, 3.63) is 35.4 Å². The molecule has 1 aromatic rings. The zero-order chi connectivity index (χ0) is 21.1. The molecule has 0 atom stereocenters. The normalized spacial score (nSPS) is 15.0. The van der Waals surface area contributed by atoms with Crippen LogP contribution in [0.1, 0.15) is 91.2 Å². The molecule has 0 spiro atoms. The van der Waals surface area contributed by atoms with Crippen LogP contribution < -0.4 is 4.90 Å². The number of amides is 2. The fourth-order valence-corrected chi connectivity index (χ4v) is 3.94. The average Bonchev–Trinajstić information content (AvgIpc) is 2.97. The van der Waals surface area contributed by atoms with Crippen molar-refractivity contribution in [1.29, 1.82) is 0 Å². The van der Waals surface area contributed by atoms with Crippen LogP contribution >= 0.6 is 0 Å². The molecular formula is C24H35NO3. The van der Waals surface area contributed by atoms with Gasteiger partial charge in [0.05, 0.1) is 5.69 Å². The zero-order valence-corrected chi connectivity index (χ0v) is 18.3. The van der Waals surface area contributed by atoms with E-state index in [9.17, 15) is 14.7 Å². The molecule has 0 saturated carbocycles. The highest BCUT2D eigenvalue weighted by Crippen LogP contribution is 2.45. The molecule has 1 aliphatic rings. The molecule has 4 nitrogen and oxygen atoms in total. The van der Waals surface area contributed by atoms with E-state index in [2.05, 4.69) is 41.5 Å². The average molecular weight is 386 g/mol. The van der Waals surface area contributed by atoms with Gasteiger partial charge in [-0.05, 0) is 35.8 Å². The van der Waals surface area contributed by atoms with Gasteiger partial charge in [-0.25, -0.2) is 4.90 Å². The molecule has 154 valence electrons.